The molecule has 2 aromatic rings. The Morgan fingerprint density at radius 1 is 1.08 bits per heavy atom. The number of benzene rings is 2. The summed E-state index contributed by atoms with van der Waals surface area (Å²) in [6.45, 7) is -0.125. The van der Waals surface area contributed by atoms with Gasteiger partial charge in [-0.05, 0) is 48.4 Å². The highest BCUT2D eigenvalue weighted by Gasteiger charge is 2.16. The average Bonchev–Trinajstić information content (AvgIpc) is 2.54. The van der Waals surface area contributed by atoms with Gasteiger partial charge in [0.25, 0.3) is 0 Å². The van der Waals surface area contributed by atoms with Crippen LogP contribution in [0.3, 0.4) is 0 Å². The first kappa shape index (κ1) is 20.3. The average molecular weight is 405 g/mol. The van der Waals surface area contributed by atoms with Gasteiger partial charge in [0.05, 0.1) is 15.5 Å². The number of carbonyl (C=O) groups is 1. The Bertz CT molecular complexity index is 879. The highest BCUT2D eigenvalue weighted by atomic mass is 32.2. The number of hydrogen-bond acceptors (Lipinski definition) is 4. The van der Waals surface area contributed by atoms with Crippen molar-refractivity contribution in [3.05, 3.63) is 59.4 Å². The van der Waals surface area contributed by atoms with Crippen molar-refractivity contribution in [1.29, 1.82) is 0 Å². The molecule has 0 saturated carbocycles. The summed E-state index contributed by atoms with van der Waals surface area (Å²) in [5.74, 6) is -4.07. The summed E-state index contributed by atoms with van der Waals surface area (Å²) in [6.07, 6.45) is 0.0120. The molecule has 0 aliphatic heterocycles. The molecule has 0 unspecified atom stereocenters. The van der Waals surface area contributed by atoms with Crippen LogP contribution in [0.25, 0.3) is 0 Å². The lowest BCUT2D eigenvalue weighted by Crippen LogP contribution is -2.26. The molecule has 2 aromatic carbocycles. The molecular formula is C16H14F3NO4S2. The Labute approximate surface area is 152 Å². The van der Waals surface area contributed by atoms with Crippen LogP contribution in [0.1, 0.15) is 5.56 Å². The zero-order valence-electron chi connectivity index (χ0n) is 13.2. The number of hydrogen-bond donors (Lipinski definition) is 2. The highest BCUT2D eigenvalue weighted by Crippen LogP contribution is 2.26. The van der Waals surface area contributed by atoms with Crippen molar-refractivity contribution in [1.82, 2.24) is 4.72 Å². The molecule has 0 radical (unpaired) electrons. The number of carboxylic acid groups (broad SMARTS) is 1. The van der Waals surface area contributed by atoms with Gasteiger partial charge in [-0.1, -0.05) is 0 Å². The van der Waals surface area contributed by atoms with E-state index in [9.17, 15) is 26.4 Å². The van der Waals surface area contributed by atoms with Gasteiger partial charge in [-0.15, -0.1) is 11.8 Å². The molecule has 0 fully saturated rings. The Kier molecular flexibility index (Phi) is 6.68. The minimum absolute atomic E-state index is 0.0120. The maximum atomic E-state index is 13.9. The Morgan fingerprint density at radius 2 is 1.65 bits per heavy atom. The topological polar surface area (TPSA) is 83.5 Å². The van der Waals surface area contributed by atoms with Crippen LogP contribution in [0, 0.1) is 17.5 Å². The summed E-state index contributed by atoms with van der Waals surface area (Å²) in [6, 6.07) is 6.27. The standard InChI is InChI=1S/C16H14F3NO4S2/c17-11-1-3-12(4-2-11)26(23,24)20-6-5-10-7-13(18)16(14(19)8-10)25-9-15(21)22/h1-4,7-8,20H,5-6,9H2,(H,21,22). The van der Waals surface area contributed by atoms with Crippen LogP contribution >= 0.6 is 11.8 Å². The summed E-state index contributed by atoms with van der Waals surface area (Å²) >= 11 is 0.525. The van der Waals surface area contributed by atoms with Crippen LogP contribution < -0.4 is 4.72 Å². The summed E-state index contributed by atoms with van der Waals surface area (Å²) in [5, 5.41) is 8.56. The van der Waals surface area contributed by atoms with E-state index in [1.54, 1.807) is 0 Å². The van der Waals surface area contributed by atoms with Gasteiger partial charge in [-0.3, -0.25) is 4.79 Å². The summed E-state index contributed by atoms with van der Waals surface area (Å²) < 4.78 is 66.9. The van der Waals surface area contributed by atoms with Crippen molar-refractivity contribution >= 4 is 27.8 Å². The summed E-state index contributed by atoms with van der Waals surface area (Å²) in [7, 11) is -3.87. The molecule has 0 aromatic heterocycles. The van der Waals surface area contributed by atoms with Crippen LogP contribution in [0.15, 0.2) is 46.2 Å². The fourth-order valence-electron chi connectivity index (χ4n) is 2.06. The van der Waals surface area contributed by atoms with E-state index >= 15 is 0 Å². The Balaban J connectivity index is 2.01. The van der Waals surface area contributed by atoms with Gasteiger partial charge >= 0.3 is 5.97 Å². The first-order chi connectivity index (χ1) is 12.2. The zero-order chi connectivity index (χ0) is 19.3. The second-order valence-corrected chi connectivity index (χ2v) is 7.93. The van der Waals surface area contributed by atoms with Gasteiger partial charge in [0.1, 0.15) is 17.5 Å². The maximum Gasteiger partial charge on any atom is 0.313 e. The Morgan fingerprint density at radius 3 is 2.19 bits per heavy atom. The van der Waals surface area contributed by atoms with E-state index in [-0.39, 0.29) is 23.4 Å². The quantitative estimate of drug-likeness (QED) is 0.660. The third-order valence-corrected chi connectivity index (χ3v) is 5.77. The molecule has 0 bridgehead atoms. The fourth-order valence-corrected chi connectivity index (χ4v) is 3.75. The van der Waals surface area contributed by atoms with Crippen molar-refractivity contribution in [3.63, 3.8) is 0 Å². The van der Waals surface area contributed by atoms with Gasteiger partial charge < -0.3 is 5.11 Å². The lowest BCUT2D eigenvalue weighted by Gasteiger charge is -2.09. The van der Waals surface area contributed by atoms with E-state index in [2.05, 4.69) is 4.72 Å². The van der Waals surface area contributed by atoms with E-state index in [4.69, 9.17) is 5.11 Å². The molecular weight excluding hydrogens is 391 g/mol. The molecule has 140 valence electrons. The third kappa shape index (κ3) is 5.48. The van der Waals surface area contributed by atoms with Gasteiger partial charge in [0, 0.05) is 6.54 Å². The van der Waals surface area contributed by atoms with Crippen molar-refractivity contribution in [2.24, 2.45) is 0 Å². The van der Waals surface area contributed by atoms with Crippen LogP contribution in [0.4, 0.5) is 13.2 Å². The van der Waals surface area contributed by atoms with Gasteiger partial charge in [0.15, 0.2) is 0 Å². The molecule has 0 aliphatic carbocycles. The second-order valence-electron chi connectivity index (χ2n) is 5.17. The lowest BCUT2D eigenvalue weighted by molar-refractivity contribution is -0.133. The largest absolute Gasteiger partial charge is 0.481 e. The lowest BCUT2D eigenvalue weighted by atomic mass is 10.1. The van der Waals surface area contributed by atoms with Crippen molar-refractivity contribution < 1.29 is 31.5 Å². The first-order valence-electron chi connectivity index (χ1n) is 7.27. The van der Waals surface area contributed by atoms with Crippen molar-refractivity contribution in [2.75, 3.05) is 12.3 Å². The SMILES string of the molecule is O=C(O)CSc1c(F)cc(CCNS(=O)(=O)c2ccc(F)cc2)cc1F. The monoisotopic (exact) mass is 405 g/mol. The molecule has 0 atom stereocenters. The van der Waals surface area contributed by atoms with Crippen LogP contribution in [0.2, 0.25) is 0 Å². The molecule has 2 rings (SSSR count). The smallest absolute Gasteiger partial charge is 0.313 e. The predicted molar refractivity (Wildman–Crippen MR) is 90.0 cm³/mol. The first-order valence-corrected chi connectivity index (χ1v) is 9.73. The van der Waals surface area contributed by atoms with Gasteiger partial charge in [-0.25, -0.2) is 26.3 Å². The number of aliphatic carboxylic acids is 1. The number of sulfonamides is 1. The van der Waals surface area contributed by atoms with Crippen LogP contribution in [0.5, 0.6) is 0 Å². The molecule has 0 heterocycles. The van der Waals surface area contributed by atoms with E-state index in [0.29, 0.717) is 11.8 Å². The maximum absolute atomic E-state index is 13.9. The summed E-state index contributed by atoms with van der Waals surface area (Å²) in [5.41, 5.74) is 0.210. The van der Waals surface area contributed by atoms with E-state index in [0.717, 1.165) is 36.4 Å². The normalized spacial score (nSPS) is 11.5. The molecule has 0 aliphatic rings. The van der Waals surface area contributed by atoms with Gasteiger partial charge in [0.2, 0.25) is 10.0 Å². The molecule has 10 heteroatoms. The van der Waals surface area contributed by atoms with E-state index in [1.165, 1.54) is 0 Å². The number of halogens is 3. The zero-order valence-corrected chi connectivity index (χ0v) is 14.8. The van der Waals surface area contributed by atoms with Crippen molar-refractivity contribution in [2.45, 2.75) is 16.2 Å². The van der Waals surface area contributed by atoms with Gasteiger partial charge in [-0.2, -0.15) is 0 Å². The number of carboxylic acids is 1. The van der Waals surface area contributed by atoms with E-state index in [1.807, 2.05) is 0 Å². The molecule has 2 N–H and O–H groups in total. The number of rotatable bonds is 8. The summed E-state index contributed by atoms with van der Waals surface area (Å²) in [4.78, 5) is 9.95. The molecule has 0 saturated heterocycles. The number of nitrogens with one attached hydrogen (secondary N) is 1. The fraction of sp³-hybridized carbons (Fsp3) is 0.188. The van der Waals surface area contributed by atoms with Crippen molar-refractivity contribution in [3.8, 4) is 0 Å². The molecule has 0 amide bonds. The second kappa shape index (κ2) is 8.56. The third-order valence-electron chi connectivity index (χ3n) is 3.23. The predicted octanol–water partition coefficient (Wildman–Crippen LogP) is 2.80. The van der Waals surface area contributed by atoms with Crippen LogP contribution in [-0.4, -0.2) is 31.8 Å². The molecule has 0 spiro atoms. The molecule has 26 heavy (non-hydrogen) atoms. The van der Waals surface area contributed by atoms with E-state index < -0.39 is 44.1 Å². The molecule has 5 nitrogen and oxygen atoms in total. The minimum Gasteiger partial charge on any atom is -0.481 e. The minimum atomic E-state index is -3.87. The van der Waals surface area contributed by atoms with Crippen LogP contribution in [-0.2, 0) is 21.2 Å². The number of thioether (sulfide) groups is 1. The Hall–Kier alpha value is -2.04. The highest BCUT2D eigenvalue weighted by molar-refractivity contribution is 8.00.